The van der Waals surface area contributed by atoms with Gasteiger partial charge in [0.15, 0.2) is 0 Å². The van der Waals surface area contributed by atoms with E-state index in [4.69, 9.17) is 0 Å². The minimum absolute atomic E-state index is 0.0973. The number of nitrogens with one attached hydrogen (secondary N) is 1. The zero-order valence-electron chi connectivity index (χ0n) is 23.8. The molecule has 2 nitrogen and oxygen atoms in total. The van der Waals surface area contributed by atoms with Gasteiger partial charge < -0.3 is 4.98 Å². The monoisotopic (exact) mass is 524 g/mol. The Morgan fingerprint density at radius 1 is 0.667 bits per heavy atom. The molecule has 0 spiro atoms. The Morgan fingerprint density at radius 3 is 1.67 bits per heavy atom. The molecule has 1 N–H and O–H groups in total. The van der Waals surface area contributed by atoms with Crippen LogP contribution in [0.5, 0.6) is 0 Å². The minimum Gasteiger partial charge on any atom is -0.354 e. The fourth-order valence-electron chi connectivity index (χ4n) is 9.12. The average Bonchev–Trinajstić information content (AvgIpc) is 3.30. The van der Waals surface area contributed by atoms with Crippen molar-refractivity contribution >= 4 is 35.1 Å². The molecule has 8 rings (SSSR count). The molecule has 0 saturated carbocycles. The highest BCUT2D eigenvalue weighted by molar-refractivity contribution is 6.95. The van der Waals surface area contributed by atoms with Crippen molar-refractivity contribution in [3.63, 3.8) is 0 Å². The van der Waals surface area contributed by atoms with E-state index >= 15 is 0 Å². The molecule has 0 unspecified atom stereocenters. The first-order chi connectivity index (χ1) is 18.8. The van der Waals surface area contributed by atoms with Gasteiger partial charge in [-0.1, -0.05) is 107 Å². The van der Waals surface area contributed by atoms with Crippen molar-refractivity contribution in [2.24, 2.45) is 0 Å². The third-order valence-electron chi connectivity index (χ3n) is 10.3. The molecule has 5 aromatic rings. The Morgan fingerprint density at radius 2 is 1.18 bits per heavy atom. The number of benzene rings is 4. The minimum atomic E-state index is -1.83. The Bertz CT molecular complexity index is 1760. The first-order valence-electron chi connectivity index (χ1n) is 14.5. The molecule has 3 aliphatic carbocycles. The Hall–Kier alpha value is -3.61. The van der Waals surface area contributed by atoms with E-state index in [9.17, 15) is 5.26 Å². The van der Waals surface area contributed by atoms with Gasteiger partial charge in [-0.05, 0) is 62.1 Å². The summed E-state index contributed by atoms with van der Waals surface area (Å²) in [5.41, 5.74) is 13.1. The van der Waals surface area contributed by atoms with Gasteiger partial charge in [0.2, 0.25) is 0 Å². The lowest BCUT2D eigenvalue weighted by atomic mass is 9.59. The highest BCUT2D eigenvalue weighted by atomic mass is 28.3. The van der Waals surface area contributed by atoms with Crippen LogP contribution in [0.1, 0.15) is 92.3 Å². The van der Waals surface area contributed by atoms with Gasteiger partial charge in [-0.15, -0.1) is 0 Å². The summed E-state index contributed by atoms with van der Waals surface area (Å²) in [4.78, 5) is 3.74. The molecule has 194 valence electrons. The fourth-order valence-corrected chi connectivity index (χ4v) is 15.9. The fraction of sp³-hybridized carbons (Fsp3) is 0.306. The van der Waals surface area contributed by atoms with E-state index in [0.717, 1.165) is 11.1 Å². The number of aromatic amines is 1. The van der Waals surface area contributed by atoms with Crippen LogP contribution in [-0.4, -0.2) is 13.1 Å². The van der Waals surface area contributed by atoms with Gasteiger partial charge in [0, 0.05) is 33.6 Å². The van der Waals surface area contributed by atoms with Gasteiger partial charge in [-0.25, -0.2) is 0 Å². The summed E-state index contributed by atoms with van der Waals surface area (Å²) >= 11 is 0. The number of hydrogen-bond acceptors (Lipinski definition) is 1. The van der Waals surface area contributed by atoms with Crippen LogP contribution in [0.25, 0.3) is 21.8 Å². The van der Waals surface area contributed by atoms with Gasteiger partial charge in [0.1, 0.15) is 0 Å². The number of fused-ring (bicyclic) bond motifs is 3. The van der Waals surface area contributed by atoms with Crippen LogP contribution >= 0.6 is 0 Å². The van der Waals surface area contributed by atoms with Crippen LogP contribution in [-0.2, 0) is 0 Å². The Labute approximate surface area is 232 Å². The molecule has 0 amide bonds. The third kappa shape index (κ3) is 3.01. The molecule has 39 heavy (non-hydrogen) atoms. The lowest BCUT2D eigenvalue weighted by Crippen LogP contribution is -2.55. The van der Waals surface area contributed by atoms with Crippen LogP contribution in [0.3, 0.4) is 0 Å². The smallest absolute Gasteiger partial charge is 0.0995 e. The van der Waals surface area contributed by atoms with Gasteiger partial charge in [0.25, 0.3) is 0 Å². The molecule has 4 aromatic carbocycles. The van der Waals surface area contributed by atoms with Crippen LogP contribution in [0.2, 0.25) is 16.6 Å². The zero-order valence-corrected chi connectivity index (χ0v) is 24.8. The molecule has 3 aliphatic rings. The van der Waals surface area contributed by atoms with Crippen molar-refractivity contribution in [3.05, 3.63) is 112 Å². The molecule has 1 heterocycles. The van der Waals surface area contributed by atoms with Crippen molar-refractivity contribution in [3.8, 4) is 6.07 Å². The molecule has 1 aromatic heterocycles. The summed E-state index contributed by atoms with van der Waals surface area (Å²) in [5, 5.41) is 14.6. The van der Waals surface area contributed by atoms with Crippen molar-refractivity contribution in [1.29, 1.82) is 5.26 Å². The number of nitrogens with zero attached hydrogens (tertiary/aromatic N) is 1. The van der Waals surface area contributed by atoms with Crippen molar-refractivity contribution in [2.45, 2.75) is 70.0 Å². The largest absolute Gasteiger partial charge is 0.354 e. The van der Waals surface area contributed by atoms with Crippen molar-refractivity contribution in [1.82, 2.24) is 4.98 Å². The second kappa shape index (κ2) is 8.44. The second-order valence-corrected chi connectivity index (χ2v) is 18.6. The highest BCUT2D eigenvalue weighted by Crippen LogP contribution is 2.58. The van der Waals surface area contributed by atoms with Crippen molar-refractivity contribution < 1.29 is 0 Å². The Balaban J connectivity index is 1.61. The molecule has 2 bridgehead atoms. The average molecular weight is 525 g/mol. The van der Waals surface area contributed by atoms with E-state index in [2.05, 4.69) is 125 Å². The summed E-state index contributed by atoms with van der Waals surface area (Å²) in [6.45, 7) is 14.7. The highest BCUT2D eigenvalue weighted by Gasteiger charge is 2.46. The summed E-state index contributed by atoms with van der Waals surface area (Å²) in [6, 6.07) is 29.8. The number of nitriles is 1. The quantitative estimate of drug-likeness (QED) is 0.229. The topological polar surface area (TPSA) is 39.6 Å². The number of aromatic nitrogens is 1. The van der Waals surface area contributed by atoms with Crippen LogP contribution in [0, 0.1) is 11.3 Å². The lowest BCUT2D eigenvalue weighted by molar-refractivity contribution is 0.759. The van der Waals surface area contributed by atoms with Gasteiger partial charge >= 0.3 is 0 Å². The number of H-pyrrole nitrogens is 1. The van der Waals surface area contributed by atoms with E-state index in [1.54, 1.807) is 5.19 Å². The van der Waals surface area contributed by atoms with Crippen LogP contribution in [0.15, 0.2) is 72.8 Å². The van der Waals surface area contributed by atoms with Crippen LogP contribution in [0.4, 0.5) is 0 Å². The standard InChI is InChI=1S/C36H36N2Si/c1-20(2)39(21(3)4,22(5)6)24-15-16-30-29(18-24)35-31(38-30)17-23(19-37)32-33-25-11-7-9-13-27(25)34(36(32)35)28-14-10-8-12-26(28)33/h7-18,20-22,33-34,38H,1-6H3. The first kappa shape index (κ1) is 24.4. The first-order valence-corrected chi connectivity index (χ1v) is 16.7. The molecular weight excluding hydrogens is 488 g/mol. The number of hydrogen-bond donors (Lipinski definition) is 1. The van der Waals surface area contributed by atoms with Crippen LogP contribution < -0.4 is 5.19 Å². The molecule has 0 radical (unpaired) electrons. The van der Waals surface area contributed by atoms with Gasteiger partial charge in [-0.3, -0.25) is 0 Å². The maximum absolute atomic E-state index is 10.4. The van der Waals surface area contributed by atoms with E-state index < -0.39 is 8.07 Å². The van der Waals surface area contributed by atoms with Gasteiger partial charge in [0.05, 0.1) is 19.7 Å². The molecule has 0 fully saturated rings. The van der Waals surface area contributed by atoms with Crippen molar-refractivity contribution in [2.75, 3.05) is 0 Å². The maximum Gasteiger partial charge on any atom is 0.0995 e. The van der Waals surface area contributed by atoms with E-state index in [1.807, 2.05) is 0 Å². The molecule has 3 heteroatoms. The summed E-state index contributed by atoms with van der Waals surface area (Å²) < 4.78 is 0. The SMILES string of the molecule is CC(C)[Si](c1ccc2[nH]c3cc(C#N)c4c(c3c2c1)C1c2ccccc2C4c2ccccc21)(C(C)C)C(C)C. The summed E-state index contributed by atoms with van der Waals surface area (Å²) in [6.07, 6.45) is 0. The van der Waals surface area contributed by atoms with E-state index in [0.29, 0.717) is 16.6 Å². The summed E-state index contributed by atoms with van der Waals surface area (Å²) in [7, 11) is -1.83. The van der Waals surface area contributed by atoms with E-state index in [1.165, 1.54) is 49.7 Å². The van der Waals surface area contributed by atoms with E-state index in [-0.39, 0.29) is 11.8 Å². The summed E-state index contributed by atoms with van der Waals surface area (Å²) in [5.74, 6) is 0.234. The normalized spacial score (nSPS) is 17.6. The predicted molar refractivity (Wildman–Crippen MR) is 166 cm³/mol. The lowest BCUT2D eigenvalue weighted by Gasteiger charge is -2.44. The molecule has 0 saturated heterocycles. The Kier molecular flexibility index (Phi) is 5.29. The molecule has 0 aliphatic heterocycles. The predicted octanol–water partition coefficient (Wildman–Crippen LogP) is 9.07. The van der Waals surface area contributed by atoms with Gasteiger partial charge in [-0.2, -0.15) is 5.26 Å². The molecule has 0 atom stereocenters. The number of rotatable bonds is 4. The maximum atomic E-state index is 10.4. The second-order valence-electron chi connectivity index (χ2n) is 12.7. The zero-order chi connectivity index (χ0) is 27.2. The third-order valence-corrected chi connectivity index (χ3v) is 17.3. The molecular formula is C36H36N2Si.